The summed E-state index contributed by atoms with van der Waals surface area (Å²) < 4.78 is 32.0. The molecule has 0 aliphatic carbocycles. The van der Waals surface area contributed by atoms with Crippen molar-refractivity contribution in [3.63, 3.8) is 0 Å². The lowest BCUT2D eigenvalue weighted by atomic mass is 10.1. The molecule has 0 spiro atoms. The van der Waals surface area contributed by atoms with Crippen LogP contribution in [0.25, 0.3) is 0 Å². The highest BCUT2D eigenvalue weighted by atomic mass is 32.2. The molecule has 6 heteroatoms. The van der Waals surface area contributed by atoms with Crippen LogP contribution in [0, 0.1) is 11.8 Å². The molecule has 5 nitrogen and oxygen atoms in total. The van der Waals surface area contributed by atoms with Gasteiger partial charge in [0.05, 0.1) is 0 Å². The molecule has 0 aromatic carbocycles. The molecule has 1 aromatic heterocycles. The van der Waals surface area contributed by atoms with Crippen molar-refractivity contribution in [3.8, 4) is 0 Å². The van der Waals surface area contributed by atoms with E-state index in [0.29, 0.717) is 24.9 Å². The van der Waals surface area contributed by atoms with Gasteiger partial charge in [-0.1, -0.05) is 27.7 Å². The smallest absolute Gasteiger partial charge is 0.276 e. The maximum Gasteiger partial charge on any atom is 0.276 e. The Labute approximate surface area is 128 Å². The molecule has 21 heavy (non-hydrogen) atoms. The lowest BCUT2D eigenvalue weighted by Gasteiger charge is -2.22. The number of furan rings is 1. The molecule has 0 amide bonds. The first-order chi connectivity index (χ1) is 9.77. The van der Waals surface area contributed by atoms with Gasteiger partial charge in [0.2, 0.25) is 5.09 Å². The molecule has 0 fully saturated rings. The summed E-state index contributed by atoms with van der Waals surface area (Å²) in [5.41, 5.74) is 0. The fraction of sp³-hybridized carbons (Fsp3) is 0.733. The summed E-state index contributed by atoms with van der Waals surface area (Å²) in [6.07, 6.45) is 1.62. The third-order valence-corrected chi connectivity index (χ3v) is 5.07. The van der Waals surface area contributed by atoms with Crippen LogP contribution in [0.2, 0.25) is 0 Å². The number of rotatable bonds is 9. The van der Waals surface area contributed by atoms with Crippen LogP contribution in [0.4, 0.5) is 0 Å². The van der Waals surface area contributed by atoms with E-state index < -0.39 is 10.0 Å². The van der Waals surface area contributed by atoms with E-state index in [2.05, 4.69) is 27.7 Å². The summed E-state index contributed by atoms with van der Waals surface area (Å²) >= 11 is 0. The standard InChI is InChI=1S/C15H27NO4S/c1-12(2)7-9-16(10-8-13(3)4)21(18,19)15-6-5-14(11-17)20-15/h5-6,12-13,17H,7-11H2,1-4H3. The molecule has 1 aromatic rings. The van der Waals surface area contributed by atoms with Gasteiger partial charge in [-0.2, -0.15) is 4.31 Å². The summed E-state index contributed by atoms with van der Waals surface area (Å²) in [5.74, 6) is 1.14. The molecular weight excluding hydrogens is 290 g/mol. The first-order valence-electron chi connectivity index (χ1n) is 7.47. The van der Waals surface area contributed by atoms with Gasteiger partial charge in [-0.05, 0) is 36.8 Å². The number of hydrogen-bond acceptors (Lipinski definition) is 4. The second kappa shape index (κ2) is 7.96. The fourth-order valence-corrected chi connectivity index (χ4v) is 3.26. The van der Waals surface area contributed by atoms with Gasteiger partial charge in [-0.25, -0.2) is 8.42 Å². The Bertz CT molecular complexity index is 508. The Hall–Kier alpha value is -0.850. The van der Waals surface area contributed by atoms with Crippen molar-refractivity contribution in [2.24, 2.45) is 11.8 Å². The van der Waals surface area contributed by atoms with E-state index in [9.17, 15) is 8.42 Å². The average Bonchev–Trinajstić information content (AvgIpc) is 2.87. The second-order valence-electron chi connectivity index (χ2n) is 6.15. The van der Waals surface area contributed by atoms with Gasteiger partial charge in [-0.15, -0.1) is 0 Å². The highest BCUT2D eigenvalue weighted by Gasteiger charge is 2.27. The van der Waals surface area contributed by atoms with Crippen molar-refractivity contribution < 1.29 is 17.9 Å². The van der Waals surface area contributed by atoms with Gasteiger partial charge in [0.25, 0.3) is 10.0 Å². The van der Waals surface area contributed by atoms with Crippen molar-refractivity contribution in [3.05, 3.63) is 17.9 Å². The maximum atomic E-state index is 12.6. The van der Waals surface area contributed by atoms with Crippen molar-refractivity contribution >= 4 is 10.0 Å². The number of aliphatic hydroxyl groups excluding tert-OH is 1. The normalized spacial score (nSPS) is 12.8. The second-order valence-corrected chi connectivity index (χ2v) is 8.02. The molecule has 1 heterocycles. The molecular formula is C15H27NO4S. The molecule has 1 rings (SSSR count). The number of aliphatic hydroxyl groups is 1. The summed E-state index contributed by atoms with van der Waals surface area (Å²) in [6.45, 7) is 8.97. The van der Waals surface area contributed by atoms with Gasteiger partial charge in [-0.3, -0.25) is 0 Å². The van der Waals surface area contributed by atoms with E-state index in [1.807, 2.05) is 0 Å². The van der Waals surface area contributed by atoms with Gasteiger partial charge >= 0.3 is 0 Å². The zero-order valence-corrected chi connectivity index (χ0v) is 14.2. The predicted molar refractivity (Wildman–Crippen MR) is 82.3 cm³/mol. The molecule has 0 radical (unpaired) electrons. The van der Waals surface area contributed by atoms with Crippen molar-refractivity contribution in [1.82, 2.24) is 4.31 Å². The van der Waals surface area contributed by atoms with Crippen LogP contribution in [0.15, 0.2) is 21.6 Å². The third kappa shape index (κ3) is 5.45. The van der Waals surface area contributed by atoms with Gasteiger partial charge in [0, 0.05) is 13.1 Å². The van der Waals surface area contributed by atoms with Crippen LogP contribution >= 0.6 is 0 Å². The van der Waals surface area contributed by atoms with E-state index in [4.69, 9.17) is 9.52 Å². The van der Waals surface area contributed by atoms with Crippen molar-refractivity contribution in [2.45, 2.75) is 52.2 Å². The molecule has 0 aliphatic rings. The van der Waals surface area contributed by atoms with E-state index in [0.717, 1.165) is 12.8 Å². The third-order valence-electron chi connectivity index (χ3n) is 3.30. The van der Waals surface area contributed by atoms with E-state index >= 15 is 0 Å². The number of hydrogen-bond donors (Lipinski definition) is 1. The van der Waals surface area contributed by atoms with Gasteiger partial charge in [0.15, 0.2) is 0 Å². The van der Waals surface area contributed by atoms with E-state index in [1.54, 1.807) is 0 Å². The molecule has 0 saturated carbocycles. The SMILES string of the molecule is CC(C)CCN(CCC(C)C)S(=O)(=O)c1ccc(CO)o1. The summed E-state index contributed by atoms with van der Waals surface area (Å²) in [5, 5.41) is 8.92. The van der Waals surface area contributed by atoms with Crippen molar-refractivity contribution in [1.29, 1.82) is 0 Å². The minimum absolute atomic E-state index is 0.0842. The molecule has 1 N–H and O–H groups in total. The largest absolute Gasteiger partial charge is 0.446 e. The topological polar surface area (TPSA) is 70.8 Å². The van der Waals surface area contributed by atoms with Gasteiger partial charge in [0.1, 0.15) is 12.4 Å². The van der Waals surface area contributed by atoms with Crippen LogP contribution in [0.1, 0.15) is 46.3 Å². The minimum atomic E-state index is -3.63. The summed E-state index contributed by atoms with van der Waals surface area (Å²) in [4.78, 5) is 0. The van der Waals surface area contributed by atoms with E-state index in [-0.39, 0.29) is 17.5 Å². The Morgan fingerprint density at radius 3 is 2.00 bits per heavy atom. The van der Waals surface area contributed by atoms with Crippen LogP contribution < -0.4 is 0 Å². The zero-order valence-electron chi connectivity index (χ0n) is 13.4. The number of nitrogens with zero attached hydrogens (tertiary/aromatic N) is 1. The Morgan fingerprint density at radius 1 is 1.10 bits per heavy atom. The molecule has 0 bridgehead atoms. The first-order valence-corrected chi connectivity index (χ1v) is 8.91. The molecule has 0 aliphatic heterocycles. The average molecular weight is 317 g/mol. The van der Waals surface area contributed by atoms with Crippen LogP contribution in [-0.2, 0) is 16.6 Å². The summed E-state index contributed by atoms with van der Waals surface area (Å²) in [7, 11) is -3.63. The van der Waals surface area contributed by atoms with Crippen LogP contribution in [0.5, 0.6) is 0 Å². The highest BCUT2D eigenvalue weighted by molar-refractivity contribution is 7.89. The Kier molecular flexibility index (Phi) is 6.90. The van der Waals surface area contributed by atoms with E-state index in [1.165, 1.54) is 16.4 Å². The molecule has 122 valence electrons. The quantitative estimate of drug-likeness (QED) is 0.760. The Balaban J connectivity index is 2.92. The highest BCUT2D eigenvalue weighted by Crippen LogP contribution is 2.21. The maximum absolute atomic E-state index is 12.6. The molecule has 0 saturated heterocycles. The lowest BCUT2D eigenvalue weighted by Crippen LogP contribution is -2.34. The number of sulfonamides is 1. The van der Waals surface area contributed by atoms with Crippen LogP contribution in [0.3, 0.4) is 0 Å². The zero-order chi connectivity index (χ0) is 16.0. The monoisotopic (exact) mass is 317 g/mol. The van der Waals surface area contributed by atoms with Gasteiger partial charge < -0.3 is 9.52 Å². The molecule has 0 unspecified atom stereocenters. The molecule has 0 atom stereocenters. The van der Waals surface area contributed by atoms with Crippen molar-refractivity contribution in [2.75, 3.05) is 13.1 Å². The fourth-order valence-electron chi connectivity index (χ4n) is 1.87. The Morgan fingerprint density at radius 2 is 1.62 bits per heavy atom. The lowest BCUT2D eigenvalue weighted by molar-refractivity contribution is 0.234. The first kappa shape index (κ1) is 18.2. The summed E-state index contributed by atoms with van der Waals surface area (Å²) in [6, 6.07) is 2.91. The minimum Gasteiger partial charge on any atom is -0.446 e. The van der Waals surface area contributed by atoms with Crippen LogP contribution in [-0.4, -0.2) is 30.9 Å². The predicted octanol–water partition coefficient (Wildman–Crippen LogP) is 2.85.